The van der Waals surface area contributed by atoms with Crippen LogP contribution in [0.2, 0.25) is 0 Å². The van der Waals surface area contributed by atoms with Crippen LogP contribution < -0.4 is 5.32 Å². The highest BCUT2D eigenvalue weighted by molar-refractivity contribution is 6.03. The lowest BCUT2D eigenvalue weighted by Gasteiger charge is -2.02. The Morgan fingerprint density at radius 2 is 2.12 bits per heavy atom. The predicted molar refractivity (Wildman–Crippen MR) is 94.3 cm³/mol. The Morgan fingerprint density at radius 3 is 2.73 bits per heavy atom. The van der Waals surface area contributed by atoms with Crippen molar-refractivity contribution >= 4 is 18.0 Å². The molecule has 0 spiro atoms. The number of nitrogens with zero attached hydrogens (tertiary/aromatic N) is 3. The van der Waals surface area contributed by atoms with Crippen molar-refractivity contribution in [3.8, 4) is 11.8 Å². The third-order valence-electron chi connectivity index (χ3n) is 3.81. The van der Waals surface area contributed by atoms with E-state index in [2.05, 4.69) is 10.4 Å². The number of ether oxygens (including phenoxy) is 1. The van der Waals surface area contributed by atoms with Crippen LogP contribution in [0.25, 0.3) is 11.8 Å². The van der Waals surface area contributed by atoms with E-state index >= 15 is 0 Å². The monoisotopic (exact) mass is 350 g/mol. The summed E-state index contributed by atoms with van der Waals surface area (Å²) in [4.78, 5) is 24.4. The lowest BCUT2D eigenvalue weighted by Crippen LogP contribution is -2.26. The molecule has 0 saturated heterocycles. The van der Waals surface area contributed by atoms with Gasteiger partial charge in [0.25, 0.3) is 5.91 Å². The summed E-state index contributed by atoms with van der Waals surface area (Å²) in [6.45, 7) is 1.90. The maximum atomic E-state index is 12.2. The topological polar surface area (TPSA) is 97.0 Å². The van der Waals surface area contributed by atoms with Crippen molar-refractivity contribution in [3.05, 3.63) is 53.4 Å². The zero-order valence-corrected chi connectivity index (χ0v) is 14.3. The molecule has 1 amide bonds. The highest BCUT2D eigenvalue weighted by Crippen LogP contribution is 2.20. The fraction of sp³-hybridized carbons (Fsp3) is 0.263. The van der Waals surface area contributed by atoms with Gasteiger partial charge in [0.15, 0.2) is 5.69 Å². The quantitative estimate of drug-likeness (QED) is 0.489. The molecule has 26 heavy (non-hydrogen) atoms. The number of para-hydroxylation sites is 1. The van der Waals surface area contributed by atoms with Gasteiger partial charge in [0, 0.05) is 17.8 Å². The average molecular weight is 350 g/mol. The van der Waals surface area contributed by atoms with Crippen molar-refractivity contribution in [2.45, 2.75) is 25.8 Å². The molecule has 1 aromatic carbocycles. The van der Waals surface area contributed by atoms with Gasteiger partial charge >= 0.3 is 5.97 Å². The second-order valence-electron chi connectivity index (χ2n) is 5.85. The Hall–Kier alpha value is -3.40. The number of carbonyl (C=O) groups is 2. The van der Waals surface area contributed by atoms with Crippen LogP contribution in [-0.4, -0.2) is 34.3 Å². The molecule has 0 atom stereocenters. The first-order valence-electron chi connectivity index (χ1n) is 8.37. The summed E-state index contributed by atoms with van der Waals surface area (Å²) in [5, 5.41) is 16.4. The molecule has 1 aromatic heterocycles. The maximum absolute atomic E-state index is 12.2. The summed E-state index contributed by atoms with van der Waals surface area (Å²) in [5.74, 6) is -1.05. The largest absolute Gasteiger partial charge is 0.461 e. The van der Waals surface area contributed by atoms with Gasteiger partial charge in [-0.1, -0.05) is 18.2 Å². The fourth-order valence-corrected chi connectivity index (χ4v) is 2.36. The number of aromatic nitrogens is 2. The second-order valence-corrected chi connectivity index (χ2v) is 5.85. The minimum absolute atomic E-state index is 0.0580. The second kappa shape index (κ2) is 7.66. The van der Waals surface area contributed by atoms with Gasteiger partial charge < -0.3 is 10.1 Å². The normalized spacial score (nSPS) is 13.8. The van der Waals surface area contributed by atoms with E-state index in [-0.39, 0.29) is 23.9 Å². The Kier molecular flexibility index (Phi) is 5.13. The van der Waals surface area contributed by atoms with E-state index in [1.165, 1.54) is 10.8 Å². The van der Waals surface area contributed by atoms with Crippen molar-refractivity contribution in [2.24, 2.45) is 0 Å². The van der Waals surface area contributed by atoms with Crippen LogP contribution in [0.1, 0.15) is 35.8 Å². The molecular formula is C19H18N4O3. The first-order valence-corrected chi connectivity index (χ1v) is 8.37. The molecule has 0 radical (unpaired) electrons. The average Bonchev–Trinajstić information content (AvgIpc) is 3.36. The molecule has 132 valence electrons. The minimum Gasteiger partial charge on any atom is -0.461 e. The Morgan fingerprint density at radius 1 is 1.38 bits per heavy atom. The van der Waals surface area contributed by atoms with Gasteiger partial charge in [-0.2, -0.15) is 10.4 Å². The van der Waals surface area contributed by atoms with E-state index in [4.69, 9.17) is 4.74 Å². The minimum atomic E-state index is -0.603. The van der Waals surface area contributed by atoms with Crippen molar-refractivity contribution in [2.75, 3.05) is 6.61 Å². The highest BCUT2D eigenvalue weighted by atomic mass is 16.5. The summed E-state index contributed by atoms with van der Waals surface area (Å²) in [6.07, 6.45) is 4.81. The summed E-state index contributed by atoms with van der Waals surface area (Å²) < 4.78 is 6.56. The van der Waals surface area contributed by atoms with Crippen LogP contribution in [0.15, 0.2) is 42.1 Å². The molecule has 1 N–H and O–H groups in total. The Balaban J connectivity index is 1.99. The van der Waals surface area contributed by atoms with Gasteiger partial charge in [-0.15, -0.1) is 0 Å². The first-order chi connectivity index (χ1) is 12.6. The molecule has 7 heteroatoms. The Labute approximate surface area is 150 Å². The van der Waals surface area contributed by atoms with Crippen LogP contribution in [0.5, 0.6) is 0 Å². The number of esters is 1. The van der Waals surface area contributed by atoms with Gasteiger partial charge in [0.1, 0.15) is 11.6 Å². The van der Waals surface area contributed by atoms with Crippen molar-refractivity contribution in [3.63, 3.8) is 0 Å². The van der Waals surface area contributed by atoms with E-state index in [9.17, 15) is 14.9 Å². The zero-order chi connectivity index (χ0) is 18.5. The van der Waals surface area contributed by atoms with Crippen molar-refractivity contribution in [1.82, 2.24) is 15.1 Å². The number of hydrogen-bond acceptors (Lipinski definition) is 5. The number of benzene rings is 1. The predicted octanol–water partition coefficient (Wildman–Crippen LogP) is 2.23. The molecule has 7 nitrogen and oxygen atoms in total. The van der Waals surface area contributed by atoms with Gasteiger partial charge in [-0.05, 0) is 38.0 Å². The number of rotatable bonds is 6. The Bertz CT molecular complexity index is 889. The van der Waals surface area contributed by atoms with Crippen molar-refractivity contribution in [1.29, 1.82) is 5.26 Å². The first kappa shape index (κ1) is 17.4. The van der Waals surface area contributed by atoms with Gasteiger partial charge in [0.2, 0.25) is 0 Å². The molecule has 1 aliphatic rings. The van der Waals surface area contributed by atoms with E-state index in [1.54, 1.807) is 13.1 Å². The molecule has 3 rings (SSSR count). The summed E-state index contributed by atoms with van der Waals surface area (Å²) >= 11 is 0. The summed E-state index contributed by atoms with van der Waals surface area (Å²) in [7, 11) is 0. The lowest BCUT2D eigenvalue weighted by atomic mass is 10.1. The third kappa shape index (κ3) is 3.98. The highest BCUT2D eigenvalue weighted by Gasteiger charge is 2.25. The molecule has 0 aliphatic heterocycles. The number of carbonyl (C=O) groups excluding carboxylic acids is 2. The van der Waals surface area contributed by atoms with Gasteiger partial charge in [-0.3, -0.25) is 4.79 Å². The van der Waals surface area contributed by atoms with Crippen LogP contribution in [0.3, 0.4) is 0 Å². The number of hydrogen-bond donors (Lipinski definition) is 1. The summed E-state index contributed by atoms with van der Waals surface area (Å²) in [6, 6.07) is 11.3. The SMILES string of the molecule is CCOC(=O)c1nn(-c2ccccc2)cc1/C=C(\C#N)C(=O)NC1CC1. The van der Waals surface area contributed by atoms with Crippen LogP contribution in [0.4, 0.5) is 0 Å². The summed E-state index contributed by atoms with van der Waals surface area (Å²) in [5.41, 5.74) is 1.09. The molecule has 2 aromatic rings. The number of nitrogens with one attached hydrogen (secondary N) is 1. The number of amides is 1. The standard InChI is InChI=1S/C19H18N4O3/c1-2-26-19(25)17-14(10-13(11-20)18(24)21-15-8-9-15)12-23(22-17)16-6-4-3-5-7-16/h3-7,10,12,15H,2,8-9H2,1H3,(H,21,24)/b13-10+. The van der Waals surface area contributed by atoms with Crippen LogP contribution in [-0.2, 0) is 9.53 Å². The maximum Gasteiger partial charge on any atom is 0.359 e. The van der Waals surface area contributed by atoms with E-state index in [1.807, 2.05) is 36.4 Å². The van der Waals surface area contributed by atoms with Crippen LogP contribution in [0, 0.1) is 11.3 Å². The molecule has 1 heterocycles. The van der Waals surface area contributed by atoms with E-state index in [0.717, 1.165) is 18.5 Å². The molecule has 1 fully saturated rings. The van der Waals surface area contributed by atoms with Gasteiger partial charge in [-0.25, -0.2) is 9.48 Å². The van der Waals surface area contributed by atoms with Crippen molar-refractivity contribution < 1.29 is 14.3 Å². The molecule has 0 unspecified atom stereocenters. The third-order valence-corrected chi connectivity index (χ3v) is 3.81. The zero-order valence-electron chi connectivity index (χ0n) is 14.3. The fourth-order valence-electron chi connectivity index (χ4n) is 2.36. The van der Waals surface area contributed by atoms with E-state index < -0.39 is 11.9 Å². The van der Waals surface area contributed by atoms with E-state index in [0.29, 0.717) is 5.56 Å². The van der Waals surface area contributed by atoms with Gasteiger partial charge in [0.05, 0.1) is 12.3 Å². The lowest BCUT2D eigenvalue weighted by molar-refractivity contribution is -0.117. The molecule has 0 bridgehead atoms. The smallest absolute Gasteiger partial charge is 0.359 e. The molecular weight excluding hydrogens is 332 g/mol. The molecule has 1 saturated carbocycles. The van der Waals surface area contributed by atoms with Crippen LogP contribution >= 0.6 is 0 Å². The molecule has 1 aliphatic carbocycles. The number of nitriles is 1.